The average Bonchev–Trinajstić information content (AvgIpc) is 3.27. The fourth-order valence-corrected chi connectivity index (χ4v) is 3.41. The molecule has 1 aliphatic rings. The number of benzene rings is 1. The smallest absolute Gasteiger partial charge is 0.254 e. The topological polar surface area (TPSA) is 92.6 Å². The van der Waals surface area contributed by atoms with Gasteiger partial charge in [0.05, 0.1) is 18.4 Å². The van der Waals surface area contributed by atoms with Gasteiger partial charge >= 0.3 is 0 Å². The molecule has 3 rings (SSSR count). The summed E-state index contributed by atoms with van der Waals surface area (Å²) in [6.45, 7) is 3.83. The van der Waals surface area contributed by atoms with Gasteiger partial charge in [-0.2, -0.15) is 0 Å². The number of nitrogens with one attached hydrogen (secondary N) is 3. The third-order valence-corrected chi connectivity index (χ3v) is 5.09. The lowest BCUT2D eigenvalue weighted by Crippen LogP contribution is -2.57. The molecule has 0 spiro atoms. The zero-order valence-electron chi connectivity index (χ0n) is 16.1. The quantitative estimate of drug-likeness (QED) is 0.647. The Morgan fingerprint density at radius 2 is 1.86 bits per heavy atom. The van der Waals surface area contributed by atoms with Gasteiger partial charge in [0.25, 0.3) is 5.91 Å². The lowest BCUT2D eigenvalue weighted by molar-refractivity contribution is -0.120. The predicted octanol–water partition coefficient (Wildman–Crippen LogP) is 2.03. The van der Waals surface area contributed by atoms with Gasteiger partial charge in [0, 0.05) is 31.3 Å². The number of carbonyl (C=O) groups excluding carboxylic acids is 2. The van der Waals surface area contributed by atoms with E-state index in [4.69, 9.17) is 9.15 Å². The predicted molar refractivity (Wildman–Crippen MR) is 105 cm³/mol. The minimum Gasteiger partial charge on any atom is -0.472 e. The number of rotatable bonds is 8. The Balaban J connectivity index is 1.53. The van der Waals surface area contributed by atoms with Gasteiger partial charge in [0.1, 0.15) is 6.26 Å². The minimum absolute atomic E-state index is 0.0785. The molecular weight excluding hydrogens is 358 g/mol. The van der Waals surface area contributed by atoms with Gasteiger partial charge in [-0.05, 0) is 31.4 Å². The first kappa shape index (κ1) is 20.1. The van der Waals surface area contributed by atoms with E-state index in [1.54, 1.807) is 6.07 Å². The Hall–Kier alpha value is -2.64. The number of hydrogen-bond acceptors (Lipinski definition) is 5. The molecule has 2 amide bonds. The molecule has 7 heteroatoms. The molecule has 7 nitrogen and oxygen atoms in total. The first-order valence-corrected chi connectivity index (χ1v) is 9.55. The highest BCUT2D eigenvalue weighted by Crippen LogP contribution is 2.25. The van der Waals surface area contributed by atoms with Gasteiger partial charge in [0.15, 0.2) is 0 Å². The third-order valence-electron chi connectivity index (χ3n) is 5.09. The second-order valence-corrected chi connectivity index (χ2v) is 7.14. The van der Waals surface area contributed by atoms with Crippen molar-refractivity contribution in [3.05, 3.63) is 60.1 Å². The fraction of sp³-hybridized carbons (Fsp3) is 0.429. The van der Waals surface area contributed by atoms with Crippen LogP contribution in [0.5, 0.6) is 0 Å². The molecule has 1 unspecified atom stereocenters. The van der Waals surface area contributed by atoms with Crippen LogP contribution in [-0.4, -0.2) is 43.7 Å². The van der Waals surface area contributed by atoms with Crippen LogP contribution in [0.4, 0.5) is 0 Å². The molecule has 0 radical (unpaired) electrons. The van der Waals surface area contributed by atoms with Crippen molar-refractivity contribution in [2.75, 3.05) is 26.3 Å². The van der Waals surface area contributed by atoms with E-state index in [9.17, 15) is 9.59 Å². The maximum absolute atomic E-state index is 12.2. The number of amides is 2. The summed E-state index contributed by atoms with van der Waals surface area (Å²) < 4.78 is 10.4. The SMILES string of the molecule is CC(NC1(CNC(=O)CNC(=O)c2ccoc2)CCOCC1)c1ccccc1. The molecule has 28 heavy (non-hydrogen) atoms. The summed E-state index contributed by atoms with van der Waals surface area (Å²) in [6, 6.07) is 11.9. The van der Waals surface area contributed by atoms with E-state index in [1.807, 2.05) is 18.2 Å². The molecule has 0 saturated carbocycles. The van der Waals surface area contributed by atoms with E-state index in [0.717, 1.165) is 12.8 Å². The monoisotopic (exact) mass is 385 g/mol. The minimum atomic E-state index is -0.333. The second-order valence-electron chi connectivity index (χ2n) is 7.14. The zero-order valence-corrected chi connectivity index (χ0v) is 16.1. The van der Waals surface area contributed by atoms with Crippen LogP contribution < -0.4 is 16.0 Å². The molecule has 1 saturated heterocycles. The van der Waals surface area contributed by atoms with Crippen molar-refractivity contribution in [3.63, 3.8) is 0 Å². The Morgan fingerprint density at radius 3 is 2.54 bits per heavy atom. The van der Waals surface area contributed by atoms with Crippen LogP contribution in [0.3, 0.4) is 0 Å². The third kappa shape index (κ3) is 5.43. The first-order chi connectivity index (χ1) is 13.6. The molecule has 3 N–H and O–H groups in total. The lowest BCUT2D eigenvalue weighted by Gasteiger charge is -2.40. The lowest BCUT2D eigenvalue weighted by atomic mass is 9.88. The summed E-state index contributed by atoms with van der Waals surface area (Å²) >= 11 is 0. The van der Waals surface area contributed by atoms with Crippen LogP contribution in [0, 0.1) is 0 Å². The van der Waals surface area contributed by atoms with Crippen molar-refractivity contribution in [2.24, 2.45) is 0 Å². The molecule has 0 aliphatic carbocycles. The summed E-state index contributed by atoms with van der Waals surface area (Å²) in [7, 11) is 0. The summed E-state index contributed by atoms with van der Waals surface area (Å²) in [5.74, 6) is -0.558. The molecule has 2 aromatic rings. The van der Waals surface area contributed by atoms with Gasteiger partial charge in [-0.15, -0.1) is 0 Å². The molecular formula is C21H27N3O4. The maximum Gasteiger partial charge on any atom is 0.254 e. The van der Waals surface area contributed by atoms with Crippen LogP contribution in [0.2, 0.25) is 0 Å². The molecule has 1 aromatic carbocycles. The summed E-state index contributed by atoms with van der Waals surface area (Å²) in [5, 5.41) is 9.25. The van der Waals surface area contributed by atoms with E-state index < -0.39 is 0 Å². The Bertz CT molecular complexity index is 755. The fourth-order valence-electron chi connectivity index (χ4n) is 3.41. The van der Waals surface area contributed by atoms with Crippen LogP contribution >= 0.6 is 0 Å². The Kier molecular flexibility index (Phi) is 6.84. The Labute approximate surface area is 164 Å². The van der Waals surface area contributed by atoms with Crippen molar-refractivity contribution in [2.45, 2.75) is 31.3 Å². The van der Waals surface area contributed by atoms with Crippen LogP contribution in [0.15, 0.2) is 53.3 Å². The standard InChI is InChI=1S/C21H27N3O4/c1-16(17-5-3-2-4-6-17)24-21(8-11-27-12-9-21)15-23-19(25)13-22-20(26)18-7-10-28-14-18/h2-7,10,14,16,24H,8-9,11-13,15H2,1H3,(H,22,26)(H,23,25). The molecule has 1 atom stereocenters. The molecule has 1 aliphatic heterocycles. The molecule has 1 fully saturated rings. The van der Waals surface area contributed by atoms with Crippen LogP contribution in [0.25, 0.3) is 0 Å². The largest absolute Gasteiger partial charge is 0.472 e. The molecule has 150 valence electrons. The highest BCUT2D eigenvalue weighted by molar-refractivity contribution is 5.96. The second kappa shape index (κ2) is 9.52. The summed E-state index contributed by atoms with van der Waals surface area (Å²) in [6.07, 6.45) is 4.39. The van der Waals surface area contributed by atoms with Crippen molar-refractivity contribution >= 4 is 11.8 Å². The summed E-state index contributed by atoms with van der Waals surface area (Å²) in [4.78, 5) is 24.2. The highest BCUT2D eigenvalue weighted by Gasteiger charge is 2.34. The number of hydrogen-bond donors (Lipinski definition) is 3. The number of furan rings is 1. The Morgan fingerprint density at radius 1 is 1.11 bits per heavy atom. The van der Waals surface area contributed by atoms with E-state index in [2.05, 4.69) is 35.0 Å². The van der Waals surface area contributed by atoms with E-state index >= 15 is 0 Å². The normalized spacial score (nSPS) is 16.9. The highest BCUT2D eigenvalue weighted by atomic mass is 16.5. The van der Waals surface area contributed by atoms with E-state index in [-0.39, 0.29) is 29.9 Å². The molecule has 1 aromatic heterocycles. The van der Waals surface area contributed by atoms with Gasteiger partial charge in [-0.3, -0.25) is 9.59 Å². The van der Waals surface area contributed by atoms with Crippen molar-refractivity contribution in [1.29, 1.82) is 0 Å². The maximum atomic E-state index is 12.2. The molecule has 2 heterocycles. The number of ether oxygens (including phenoxy) is 1. The van der Waals surface area contributed by atoms with E-state index in [0.29, 0.717) is 25.3 Å². The van der Waals surface area contributed by atoms with Gasteiger partial charge in [-0.1, -0.05) is 30.3 Å². The van der Waals surface area contributed by atoms with Crippen molar-refractivity contribution in [1.82, 2.24) is 16.0 Å². The number of carbonyl (C=O) groups is 2. The van der Waals surface area contributed by atoms with Crippen LogP contribution in [-0.2, 0) is 9.53 Å². The van der Waals surface area contributed by atoms with Crippen molar-refractivity contribution < 1.29 is 18.7 Å². The first-order valence-electron chi connectivity index (χ1n) is 9.55. The average molecular weight is 385 g/mol. The van der Waals surface area contributed by atoms with Gasteiger partial charge in [0.2, 0.25) is 5.91 Å². The van der Waals surface area contributed by atoms with Crippen molar-refractivity contribution in [3.8, 4) is 0 Å². The zero-order chi connectivity index (χ0) is 19.8. The molecule has 0 bridgehead atoms. The van der Waals surface area contributed by atoms with Gasteiger partial charge < -0.3 is 25.1 Å². The summed E-state index contributed by atoms with van der Waals surface area (Å²) in [5.41, 5.74) is 1.36. The van der Waals surface area contributed by atoms with Gasteiger partial charge in [-0.25, -0.2) is 0 Å². The van der Waals surface area contributed by atoms with Crippen LogP contribution in [0.1, 0.15) is 41.7 Å². The van der Waals surface area contributed by atoms with E-state index in [1.165, 1.54) is 18.1 Å².